The Balaban J connectivity index is 1.63. The number of nitrogens with one attached hydrogen (secondary N) is 1. The van der Waals surface area contributed by atoms with Gasteiger partial charge >= 0.3 is 0 Å². The molecule has 2 aliphatic rings. The molecular weight excluding hydrogens is 360 g/mol. The summed E-state index contributed by atoms with van der Waals surface area (Å²) in [6, 6.07) is 3.67. The molecule has 2 aliphatic heterocycles. The molecule has 1 fully saturated rings. The highest BCUT2D eigenvalue weighted by Gasteiger charge is 2.38. The topological polar surface area (TPSA) is 80.1 Å². The number of carbonyl (C=O) groups excluding carboxylic acids is 1. The van der Waals surface area contributed by atoms with Gasteiger partial charge in [0.05, 0.1) is 43.3 Å². The summed E-state index contributed by atoms with van der Waals surface area (Å²) in [7, 11) is 1.60. The summed E-state index contributed by atoms with van der Waals surface area (Å²) in [5, 5.41) is 3.49. The third-order valence-electron chi connectivity index (χ3n) is 5.37. The van der Waals surface area contributed by atoms with E-state index in [4.69, 9.17) is 13.9 Å². The number of morpholine rings is 1. The number of amides is 1. The summed E-state index contributed by atoms with van der Waals surface area (Å²) >= 11 is 0. The van der Waals surface area contributed by atoms with Crippen molar-refractivity contribution in [2.45, 2.75) is 19.5 Å². The van der Waals surface area contributed by atoms with Gasteiger partial charge in [0.2, 0.25) is 0 Å². The molecule has 0 saturated carbocycles. The van der Waals surface area contributed by atoms with Gasteiger partial charge in [-0.15, -0.1) is 0 Å². The molecule has 0 radical (unpaired) electrons. The summed E-state index contributed by atoms with van der Waals surface area (Å²) in [5.41, 5.74) is 1.57. The Morgan fingerprint density at radius 3 is 2.68 bits per heavy atom. The molecule has 1 aromatic heterocycles. The largest absolute Gasteiger partial charge is 0.496 e. The zero-order valence-electron chi connectivity index (χ0n) is 16.5. The molecule has 0 bridgehead atoms. The quantitative estimate of drug-likeness (QED) is 0.844. The second kappa shape index (κ2) is 7.44. The van der Waals surface area contributed by atoms with E-state index < -0.39 is 5.66 Å². The third kappa shape index (κ3) is 3.45. The van der Waals surface area contributed by atoms with Crippen molar-refractivity contribution in [1.29, 1.82) is 0 Å². The predicted molar refractivity (Wildman–Crippen MR) is 104 cm³/mol. The van der Waals surface area contributed by atoms with Crippen molar-refractivity contribution in [2.75, 3.05) is 51.8 Å². The zero-order valence-corrected chi connectivity index (χ0v) is 16.5. The fourth-order valence-electron chi connectivity index (χ4n) is 3.81. The monoisotopic (exact) mass is 386 g/mol. The number of oxazole rings is 1. The van der Waals surface area contributed by atoms with E-state index in [0.29, 0.717) is 29.2 Å². The second-order valence-electron chi connectivity index (χ2n) is 7.56. The molecule has 28 heavy (non-hydrogen) atoms. The maximum atomic E-state index is 13.4. The lowest BCUT2D eigenvalue weighted by atomic mass is 9.98. The molecule has 4 rings (SSSR count). The Bertz CT molecular complexity index is 844. The van der Waals surface area contributed by atoms with Crippen LogP contribution in [-0.2, 0) is 4.74 Å². The maximum Gasteiger partial charge on any atom is 0.257 e. The van der Waals surface area contributed by atoms with E-state index in [2.05, 4.69) is 15.2 Å². The molecule has 0 aliphatic carbocycles. The maximum absolute atomic E-state index is 13.4. The molecular formula is C20H26N4O4. The first-order valence-electron chi connectivity index (χ1n) is 9.51. The van der Waals surface area contributed by atoms with Crippen LogP contribution in [0.5, 0.6) is 5.75 Å². The summed E-state index contributed by atoms with van der Waals surface area (Å²) in [6.45, 7) is 8.80. The Labute approximate surface area is 164 Å². The van der Waals surface area contributed by atoms with Crippen LogP contribution in [0.4, 0.5) is 5.69 Å². The van der Waals surface area contributed by atoms with Gasteiger partial charge in [-0.25, -0.2) is 4.98 Å². The minimum absolute atomic E-state index is 0.00423. The molecule has 0 spiro atoms. The van der Waals surface area contributed by atoms with Gasteiger partial charge in [-0.1, -0.05) is 0 Å². The highest BCUT2D eigenvalue weighted by Crippen LogP contribution is 2.39. The van der Waals surface area contributed by atoms with E-state index in [1.165, 1.54) is 6.39 Å². The van der Waals surface area contributed by atoms with Gasteiger partial charge < -0.3 is 24.1 Å². The van der Waals surface area contributed by atoms with Crippen LogP contribution in [0.25, 0.3) is 11.3 Å². The fraction of sp³-hybridized carbons (Fsp3) is 0.500. The van der Waals surface area contributed by atoms with Crippen LogP contribution in [0, 0.1) is 0 Å². The molecule has 2 aromatic rings. The first-order valence-corrected chi connectivity index (χ1v) is 9.51. The molecule has 3 heterocycles. The van der Waals surface area contributed by atoms with E-state index in [0.717, 1.165) is 38.5 Å². The van der Waals surface area contributed by atoms with Crippen molar-refractivity contribution in [1.82, 2.24) is 14.8 Å². The number of ether oxygens (including phenoxy) is 2. The SMILES string of the molecule is COc1cc2c(cc1-c1cnco1)C(=O)N(CCN1CCOCC1)C(C)(C)N2. The molecule has 1 N–H and O–H groups in total. The predicted octanol–water partition coefficient (Wildman–Crippen LogP) is 2.29. The van der Waals surface area contributed by atoms with Crippen LogP contribution in [0.1, 0.15) is 24.2 Å². The molecule has 1 aromatic carbocycles. The van der Waals surface area contributed by atoms with Gasteiger partial charge in [0.1, 0.15) is 11.4 Å². The van der Waals surface area contributed by atoms with Gasteiger partial charge in [0, 0.05) is 32.2 Å². The Kier molecular flexibility index (Phi) is 4.99. The van der Waals surface area contributed by atoms with Gasteiger partial charge in [-0.2, -0.15) is 0 Å². The van der Waals surface area contributed by atoms with Crippen molar-refractivity contribution in [3.8, 4) is 17.1 Å². The highest BCUT2D eigenvalue weighted by atomic mass is 16.5. The van der Waals surface area contributed by atoms with E-state index in [-0.39, 0.29) is 5.91 Å². The number of carbonyl (C=O) groups is 1. The van der Waals surface area contributed by atoms with Crippen molar-refractivity contribution in [2.24, 2.45) is 0 Å². The number of anilines is 1. The van der Waals surface area contributed by atoms with Crippen molar-refractivity contribution < 1.29 is 18.7 Å². The van der Waals surface area contributed by atoms with Gasteiger partial charge in [0.25, 0.3) is 5.91 Å². The third-order valence-corrected chi connectivity index (χ3v) is 5.37. The molecule has 8 heteroatoms. The van der Waals surface area contributed by atoms with E-state index >= 15 is 0 Å². The zero-order chi connectivity index (χ0) is 19.7. The van der Waals surface area contributed by atoms with Crippen LogP contribution in [-0.4, -0.2) is 72.9 Å². The van der Waals surface area contributed by atoms with Crippen molar-refractivity contribution >= 4 is 11.6 Å². The first-order chi connectivity index (χ1) is 13.5. The molecule has 8 nitrogen and oxygen atoms in total. The van der Waals surface area contributed by atoms with Gasteiger partial charge in [0.15, 0.2) is 12.2 Å². The smallest absolute Gasteiger partial charge is 0.257 e. The summed E-state index contributed by atoms with van der Waals surface area (Å²) in [6.07, 6.45) is 2.98. The lowest BCUT2D eigenvalue weighted by Gasteiger charge is -2.45. The van der Waals surface area contributed by atoms with Crippen molar-refractivity contribution in [3.05, 3.63) is 30.3 Å². The van der Waals surface area contributed by atoms with E-state index in [1.807, 2.05) is 30.9 Å². The van der Waals surface area contributed by atoms with Crippen LogP contribution >= 0.6 is 0 Å². The number of hydrogen-bond donors (Lipinski definition) is 1. The van der Waals surface area contributed by atoms with Crippen LogP contribution in [0.3, 0.4) is 0 Å². The standard InChI is InChI=1S/C20H26N4O4/c1-20(2)22-16-11-17(26-3)15(18-12-21-13-28-18)10-14(16)19(25)24(20)5-4-23-6-8-27-9-7-23/h10-13,22H,4-9H2,1-3H3. The van der Waals surface area contributed by atoms with Crippen LogP contribution in [0.2, 0.25) is 0 Å². The molecule has 150 valence electrons. The van der Waals surface area contributed by atoms with Crippen molar-refractivity contribution in [3.63, 3.8) is 0 Å². The van der Waals surface area contributed by atoms with Crippen LogP contribution in [0.15, 0.2) is 29.1 Å². The second-order valence-corrected chi connectivity index (χ2v) is 7.56. The Morgan fingerprint density at radius 1 is 1.21 bits per heavy atom. The Hall–Kier alpha value is -2.58. The summed E-state index contributed by atoms with van der Waals surface area (Å²) in [4.78, 5) is 21.6. The number of benzene rings is 1. The van der Waals surface area contributed by atoms with E-state index in [1.54, 1.807) is 13.3 Å². The lowest BCUT2D eigenvalue weighted by molar-refractivity contribution is 0.0253. The fourth-order valence-corrected chi connectivity index (χ4v) is 3.81. The number of fused-ring (bicyclic) bond motifs is 1. The number of nitrogens with zero attached hydrogens (tertiary/aromatic N) is 3. The number of hydrogen-bond acceptors (Lipinski definition) is 7. The summed E-state index contributed by atoms with van der Waals surface area (Å²) in [5.74, 6) is 1.20. The molecule has 1 amide bonds. The minimum Gasteiger partial charge on any atom is -0.496 e. The average molecular weight is 386 g/mol. The highest BCUT2D eigenvalue weighted by molar-refractivity contribution is 6.04. The van der Waals surface area contributed by atoms with E-state index in [9.17, 15) is 4.79 Å². The van der Waals surface area contributed by atoms with Gasteiger partial charge in [-0.05, 0) is 19.9 Å². The normalized spacial score (nSPS) is 19.2. The number of rotatable bonds is 5. The van der Waals surface area contributed by atoms with Crippen LogP contribution < -0.4 is 10.1 Å². The number of methoxy groups -OCH3 is 1. The molecule has 1 saturated heterocycles. The van der Waals surface area contributed by atoms with Gasteiger partial charge in [-0.3, -0.25) is 9.69 Å². The first kappa shape index (κ1) is 18.8. The number of aromatic nitrogens is 1. The molecule has 0 unspecified atom stereocenters. The minimum atomic E-state index is -0.505. The average Bonchev–Trinajstić information content (AvgIpc) is 3.22. The summed E-state index contributed by atoms with van der Waals surface area (Å²) < 4.78 is 16.4. The lowest BCUT2D eigenvalue weighted by Crippen LogP contribution is -2.58. The molecule has 0 atom stereocenters. The Morgan fingerprint density at radius 2 is 2.00 bits per heavy atom.